The van der Waals surface area contributed by atoms with Crippen LogP contribution >= 0.6 is 0 Å². The first-order valence-corrected chi connectivity index (χ1v) is 5.27. The second kappa shape index (κ2) is 4.43. The van der Waals surface area contributed by atoms with Crippen molar-refractivity contribution in [2.45, 2.75) is 19.8 Å². The lowest BCUT2D eigenvalue weighted by atomic mass is 10.2. The van der Waals surface area contributed by atoms with Crippen LogP contribution in [-0.2, 0) is 0 Å². The number of hydrazone groups is 1. The third kappa shape index (κ3) is 2.66. The molecule has 1 aromatic rings. The molecule has 0 aliphatic heterocycles. The molecule has 0 radical (unpaired) electrons. The lowest BCUT2D eigenvalue weighted by molar-refractivity contribution is 0.0954. The van der Waals surface area contributed by atoms with Crippen LogP contribution in [0.15, 0.2) is 29.4 Å². The molecule has 2 rings (SSSR count). The average molecular weight is 220 g/mol. The predicted molar refractivity (Wildman–Crippen MR) is 59.7 cm³/mol. The van der Waals surface area contributed by atoms with Crippen LogP contribution in [0.25, 0.3) is 0 Å². The molecule has 0 unspecified atom stereocenters. The van der Waals surface area contributed by atoms with Crippen LogP contribution in [0.1, 0.15) is 30.1 Å². The van der Waals surface area contributed by atoms with Gasteiger partial charge in [0.1, 0.15) is 5.82 Å². The lowest BCUT2D eigenvalue weighted by Gasteiger charge is -2.01. The van der Waals surface area contributed by atoms with Gasteiger partial charge in [0.15, 0.2) is 0 Å². The Kier molecular flexibility index (Phi) is 2.99. The molecule has 0 bridgehead atoms. The zero-order valence-electron chi connectivity index (χ0n) is 9.03. The van der Waals surface area contributed by atoms with Gasteiger partial charge in [-0.05, 0) is 49.9 Å². The van der Waals surface area contributed by atoms with E-state index in [1.54, 1.807) is 0 Å². The Hall–Kier alpha value is -1.71. The number of nitrogens with one attached hydrogen (secondary N) is 1. The van der Waals surface area contributed by atoms with Gasteiger partial charge < -0.3 is 0 Å². The van der Waals surface area contributed by atoms with E-state index >= 15 is 0 Å². The maximum Gasteiger partial charge on any atom is 0.271 e. The van der Waals surface area contributed by atoms with E-state index in [1.165, 1.54) is 24.3 Å². The minimum atomic E-state index is -0.353. The Labute approximate surface area is 93.4 Å². The highest BCUT2D eigenvalue weighted by molar-refractivity contribution is 5.95. The van der Waals surface area contributed by atoms with Gasteiger partial charge in [-0.3, -0.25) is 4.79 Å². The molecule has 1 fully saturated rings. The Morgan fingerprint density at radius 3 is 2.56 bits per heavy atom. The third-order valence-corrected chi connectivity index (χ3v) is 2.61. The summed E-state index contributed by atoms with van der Waals surface area (Å²) in [7, 11) is 0. The van der Waals surface area contributed by atoms with Crippen LogP contribution in [0, 0.1) is 11.7 Å². The summed E-state index contributed by atoms with van der Waals surface area (Å²) in [5.74, 6) is -0.122. The maximum atomic E-state index is 12.6. The van der Waals surface area contributed by atoms with Crippen LogP contribution in [-0.4, -0.2) is 11.6 Å². The summed E-state index contributed by atoms with van der Waals surface area (Å²) in [5.41, 5.74) is 3.83. The van der Waals surface area contributed by atoms with Gasteiger partial charge in [-0.25, -0.2) is 9.82 Å². The standard InChI is InChI=1S/C12H13FN2O/c1-8(9-2-3-9)14-15-12(16)10-4-6-11(13)7-5-10/h4-7,9H,2-3H2,1H3,(H,15,16)/b14-8+. The minimum absolute atomic E-state index is 0.306. The van der Waals surface area contributed by atoms with E-state index in [0.29, 0.717) is 11.5 Å². The largest absolute Gasteiger partial charge is 0.271 e. The van der Waals surface area contributed by atoms with Crippen molar-refractivity contribution in [1.82, 2.24) is 5.43 Å². The SMILES string of the molecule is C/C(=N\NC(=O)c1ccc(F)cc1)C1CC1. The molecule has 0 spiro atoms. The number of rotatable bonds is 3. The van der Waals surface area contributed by atoms with Crippen molar-refractivity contribution in [2.24, 2.45) is 11.0 Å². The maximum absolute atomic E-state index is 12.6. The Balaban J connectivity index is 1.97. The first kappa shape index (κ1) is 10.8. The molecule has 1 aromatic carbocycles. The van der Waals surface area contributed by atoms with E-state index in [9.17, 15) is 9.18 Å². The van der Waals surface area contributed by atoms with E-state index < -0.39 is 0 Å². The van der Waals surface area contributed by atoms with Crippen molar-refractivity contribution in [2.75, 3.05) is 0 Å². The number of hydrogen-bond acceptors (Lipinski definition) is 2. The summed E-state index contributed by atoms with van der Waals surface area (Å²) in [6.45, 7) is 1.91. The van der Waals surface area contributed by atoms with Gasteiger partial charge >= 0.3 is 0 Å². The quantitative estimate of drug-likeness (QED) is 0.616. The van der Waals surface area contributed by atoms with E-state index in [0.717, 1.165) is 18.6 Å². The zero-order chi connectivity index (χ0) is 11.5. The summed E-state index contributed by atoms with van der Waals surface area (Å²) < 4.78 is 12.6. The molecule has 3 nitrogen and oxygen atoms in total. The van der Waals surface area contributed by atoms with Crippen LogP contribution in [0.2, 0.25) is 0 Å². The van der Waals surface area contributed by atoms with Gasteiger partial charge in [0, 0.05) is 11.3 Å². The first-order valence-electron chi connectivity index (χ1n) is 5.27. The molecule has 16 heavy (non-hydrogen) atoms. The normalized spacial score (nSPS) is 16.0. The first-order chi connectivity index (χ1) is 7.66. The van der Waals surface area contributed by atoms with Crippen molar-refractivity contribution < 1.29 is 9.18 Å². The highest BCUT2D eigenvalue weighted by Gasteiger charge is 2.24. The molecule has 1 aliphatic carbocycles. The van der Waals surface area contributed by atoms with Crippen LogP contribution in [0.4, 0.5) is 4.39 Å². The van der Waals surface area contributed by atoms with Gasteiger partial charge in [-0.1, -0.05) is 0 Å². The van der Waals surface area contributed by atoms with Gasteiger partial charge in [0.2, 0.25) is 0 Å². The smallest absolute Gasteiger partial charge is 0.267 e. The second-order valence-corrected chi connectivity index (χ2v) is 3.98. The second-order valence-electron chi connectivity index (χ2n) is 3.98. The van der Waals surface area contributed by atoms with E-state index in [1.807, 2.05) is 6.92 Å². The number of halogens is 1. The molecular weight excluding hydrogens is 207 g/mol. The van der Waals surface area contributed by atoms with Crippen LogP contribution in [0.5, 0.6) is 0 Å². The molecular formula is C12H13FN2O. The summed E-state index contributed by atoms with van der Waals surface area (Å²) in [6, 6.07) is 5.39. The van der Waals surface area contributed by atoms with Gasteiger partial charge in [0.05, 0.1) is 0 Å². The third-order valence-electron chi connectivity index (χ3n) is 2.61. The number of hydrogen-bond donors (Lipinski definition) is 1. The Morgan fingerprint density at radius 2 is 2.00 bits per heavy atom. The van der Waals surface area contributed by atoms with Gasteiger partial charge in [0.25, 0.3) is 5.91 Å². The molecule has 1 amide bonds. The molecule has 1 aliphatic rings. The number of nitrogens with zero attached hydrogens (tertiary/aromatic N) is 1. The number of amides is 1. The summed E-state index contributed by atoms with van der Waals surface area (Å²) in [6.07, 6.45) is 2.31. The molecule has 1 saturated carbocycles. The van der Waals surface area contributed by atoms with Crippen molar-refractivity contribution in [1.29, 1.82) is 0 Å². The van der Waals surface area contributed by atoms with Crippen molar-refractivity contribution in [3.8, 4) is 0 Å². The van der Waals surface area contributed by atoms with Crippen LogP contribution in [0.3, 0.4) is 0 Å². The van der Waals surface area contributed by atoms with Crippen molar-refractivity contribution in [3.05, 3.63) is 35.6 Å². The average Bonchev–Trinajstić information content (AvgIpc) is 3.10. The summed E-state index contributed by atoms with van der Waals surface area (Å²) in [4.78, 5) is 11.6. The molecule has 4 heteroatoms. The Bertz CT molecular complexity index is 421. The fourth-order valence-electron chi connectivity index (χ4n) is 1.40. The fraction of sp³-hybridized carbons (Fsp3) is 0.333. The highest BCUT2D eigenvalue weighted by atomic mass is 19.1. The minimum Gasteiger partial charge on any atom is -0.267 e. The number of carbonyl (C=O) groups excluding carboxylic acids is 1. The van der Waals surface area contributed by atoms with E-state index in [-0.39, 0.29) is 11.7 Å². The number of benzene rings is 1. The van der Waals surface area contributed by atoms with Crippen molar-refractivity contribution in [3.63, 3.8) is 0 Å². The van der Waals surface area contributed by atoms with Gasteiger partial charge in [-0.2, -0.15) is 5.10 Å². The molecule has 0 heterocycles. The lowest BCUT2D eigenvalue weighted by Crippen LogP contribution is -2.19. The molecule has 0 saturated heterocycles. The Morgan fingerprint density at radius 1 is 1.38 bits per heavy atom. The summed E-state index contributed by atoms with van der Waals surface area (Å²) in [5, 5.41) is 4.01. The van der Waals surface area contributed by atoms with Crippen molar-refractivity contribution >= 4 is 11.6 Å². The number of carbonyl (C=O) groups is 1. The van der Waals surface area contributed by atoms with Gasteiger partial charge in [-0.15, -0.1) is 0 Å². The zero-order valence-corrected chi connectivity index (χ0v) is 9.03. The van der Waals surface area contributed by atoms with E-state index in [4.69, 9.17) is 0 Å². The highest BCUT2D eigenvalue weighted by Crippen LogP contribution is 2.30. The predicted octanol–water partition coefficient (Wildman–Crippen LogP) is 2.34. The molecule has 0 aromatic heterocycles. The van der Waals surface area contributed by atoms with E-state index in [2.05, 4.69) is 10.5 Å². The fourth-order valence-corrected chi connectivity index (χ4v) is 1.40. The monoisotopic (exact) mass is 220 g/mol. The molecule has 84 valence electrons. The van der Waals surface area contributed by atoms with Crippen LogP contribution < -0.4 is 5.43 Å². The molecule has 1 N–H and O–H groups in total. The molecule has 0 atom stereocenters. The summed E-state index contributed by atoms with van der Waals surface area (Å²) >= 11 is 0. The topological polar surface area (TPSA) is 41.5 Å².